The van der Waals surface area contributed by atoms with E-state index in [1.54, 1.807) is 0 Å². The second kappa shape index (κ2) is 8.75. The second-order valence-corrected chi connectivity index (χ2v) is 2.54. The molecule has 3 nitrogen and oxygen atoms in total. The van der Waals surface area contributed by atoms with Gasteiger partial charge in [-0.2, -0.15) is 0 Å². The number of hydrogen-bond donors (Lipinski definition) is 1. The molecule has 12 heavy (non-hydrogen) atoms. The Bertz CT molecular complexity index is 145. The van der Waals surface area contributed by atoms with Crippen LogP contribution in [0.2, 0.25) is 0 Å². The number of carboxylic acid groups (broad SMARTS) is 1. The normalized spacial score (nSPS) is 8.75. The first kappa shape index (κ1) is 14.2. The molecular formula is C8H14CuO3. The summed E-state index contributed by atoms with van der Waals surface area (Å²) < 4.78 is 0. The first-order valence-electron chi connectivity index (χ1n) is 3.94. The number of unbranched alkanes of at least 4 members (excludes halogenated alkanes) is 3. The van der Waals surface area contributed by atoms with Gasteiger partial charge in [0.1, 0.15) is 0 Å². The minimum atomic E-state index is -1.30. The maximum absolute atomic E-state index is 10.5. The largest absolute Gasteiger partial charge is 0.476 e. The van der Waals surface area contributed by atoms with Crippen molar-refractivity contribution in [1.29, 1.82) is 0 Å². The first-order chi connectivity index (χ1) is 5.18. The molecule has 0 aromatic carbocycles. The van der Waals surface area contributed by atoms with Crippen LogP contribution in [0.3, 0.4) is 0 Å². The smallest absolute Gasteiger partial charge is 0.372 e. The van der Waals surface area contributed by atoms with Crippen molar-refractivity contribution in [2.75, 3.05) is 0 Å². The van der Waals surface area contributed by atoms with E-state index in [0.29, 0.717) is 6.42 Å². The van der Waals surface area contributed by atoms with E-state index in [1.165, 1.54) is 0 Å². The molecule has 0 amide bonds. The van der Waals surface area contributed by atoms with Crippen LogP contribution in [0.25, 0.3) is 0 Å². The zero-order chi connectivity index (χ0) is 8.69. The van der Waals surface area contributed by atoms with E-state index in [2.05, 4.69) is 6.92 Å². The molecular weight excluding hydrogens is 208 g/mol. The van der Waals surface area contributed by atoms with Crippen LogP contribution in [0.4, 0.5) is 0 Å². The van der Waals surface area contributed by atoms with Crippen molar-refractivity contribution in [3.63, 3.8) is 0 Å². The number of Topliss-reactive ketones (excluding diaryl/α,β-unsaturated/α-hetero) is 1. The molecule has 0 saturated carbocycles. The zero-order valence-corrected chi connectivity index (χ0v) is 8.04. The fourth-order valence-electron chi connectivity index (χ4n) is 0.819. The quantitative estimate of drug-likeness (QED) is 0.421. The van der Waals surface area contributed by atoms with Crippen LogP contribution < -0.4 is 0 Å². The van der Waals surface area contributed by atoms with Gasteiger partial charge in [0.15, 0.2) is 0 Å². The van der Waals surface area contributed by atoms with E-state index in [1.807, 2.05) is 0 Å². The molecule has 0 aliphatic heterocycles. The number of carbonyl (C=O) groups excluding carboxylic acids is 1. The third-order valence-corrected chi connectivity index (χ3v) is 1.50. The molecule has 0 saturated heterocycles. The van der Waals surface area contributed by atoms with Crippen molar-refractivity contribution < 1.29 is 31.8 Å². The Kier molecular flexibility index (Phi) is 10.4. The van der Waals surface area contributed by atoms with Gasteiger partial charge in [0.2, 0.25) is 5.78 Å². The molecule has 1 radical (unpaired) electrons. The molecule has 0 rings (SSSR count). The van der Waals surface area contributed by atoms with Gasteiger partial charge in [0.25, 0.3) is 0 Å². The zero-order valence-electron chi connectivity index (χ0n) is 7.10. The van der Waals surface area contributed by atoms with E-state index in [0.717, 1.165) is 19.3 Å². The summed E-state index contributed by atoms with van der Waals surface area (Å²) in [6, 6.07) is 0. The Morgan fingerprint density at radius 3 is 2.17 bits per heavy atom. The molecule has 1 N–H and O–H groups in total. The van der Waals surface area contributed by atoms with Gasteiger partial charge in [-0.05, 0) is 6.42 Å². The summed E-state index contributed by atoms with van der Waals surface area (Å²) in [6.45, 7) is 2.07. The van der Waals surface area contributed by atoms with Gasteiger partial charge in [-0.15, -0.1) is 0 Å². The summed E-state index contributed by atoms with van der Waals surface area (Å²) in [6.07, 6.45) is 4.03. The third-order valence-electron chi connectivity index (χ3n) is 1.50. The van der Waals surface area contributed by atoms with Crippen molar-refractivity contribution in [1.82, 2.24) is 0 Å². The predicted octanol–water partition coefficient (Wildman–Crippen LogP) is 1.61. The summed E-state index contributed by atoms with van der Waals surface area (Å²) in [5.41, 5.74) is 0. The van der Waals surface area contributed by atoms with Gasteiger partial charge < -0.3 is 5.11 Å². The van der Waals surface area contributed by atoms with Crippen LogP contribution in [0.5, 0.6) is 0 Å². The van der Waals surface area contributed by atoms with Crippen molar-refractivity contribution in [2.24, 2.45) is 0 Å². The number of carboxylic acids is 1. The van der Waals surface area contributed by atoms with Crippen LogP contribution in [0, 0.1) is 0 Å². The fraction of sp³-hybridized carbons (Fsp3) is 0.750. The maximum Gasteiger partial charge on any atom is 0.372 e. The molecule has 0 aromatic heterocycles. The minimum Gasteiger partial charge on any atom is -0.476 e. The molecule has 0 bridgehead atoms. The molecule has 4 heteroatoms. The number of ketones is 1. The standard InChI is InChI=1S/C8H14O3.Cu/c1-2-3-4-5-6-7(9)8(10)11;/h2-6H2,1H3,(H,10,11);. The molecule has 0 unspecified atom stereocenters. The molecule has 0 aromatic rings. The second-order valence-electron chi connectivity index (χ2n) is 2.54. The van der Waals surface area contributed by atoms with Crippen LogP contribution >= 0.6 is 0 Å². The number of hydrogen-bond acceptors (Lipinski definition) is 2. The monoisotopic (exact) mass is 221 g/mol. The average molecular weight is 222 g/mol. The number of rotatable bonds is 6. The average Bonchev–Trinajstić information content (AvgIpc) is 1.97. The van der Waals surface area contributed by atoms with Crippen molar-refractivity contribution in [3.8, 4) is 0 Å². The van der Waals surface area contributed by atoms with Crippen LogP contribution in [0.1, 0.15) is 39.0 Å². The Hall–Kier alpha value is -0.341. The molecule has 0 heterocycles. The fourth-order valence-corrected chi connectivity index (χ4v) is 0.819. The first-order valence-corrected chi connectivity index (χ1v) is 3.94. The molecule has 0 aliphatic rings. The van der Waals surface area contributed by atoms with Gasteiger partial charge in [-0.1, -0.05) is 26.2 Å². The van der Waals surface area contributed by atoms with E-state index < -0.39 is 11.8 Å². The summed E-state index contributed by atoms with van der Waals surface area (Å²) >= 11 is 0. The maximum atomic E-state index is 10.5. The van der Waals surface area contributed by atoms with Gasteiger partial charge >= 0.3 is 5.97 Å². The Balaban J connectivity index is 0. The van der Waals surface area contributed by atoms with Crippen LogP contribution in [-0.4, -0.2) is 16.9 Å². The topological polar surface area (TPSA) is 54.4 Å². The van der Waals surface area contributed by atoms with Crippen LogP contribution in [0.15, 0.2) is 0 Å². The SMILES string of the molecule is CCCCCCC(=O)C(=O)O.[Cu]. The van der Waals surface area contributed by atoms with Crippen molar-refractivity contribution >= 4 is 11.8 Å². The summed E-state index contributed by atoms with van der Waals surface area (Å²) in [7, 11) is 0. The van der Waals surface area contributed by atoms with E-state index in [9.17, 15) is 9.59 Å². The minimum absolute atomic E-state index is 0. The van der Waals surface area contributed by atoms with Gasteiger partial charge in [-0.25, -0.2) is 4.79 Å². The number of aliphatic carboxylic acids is 1. The van der Waals surface area contributed by atoms with E-state index in [4.69, 9.17) is 5.11 Å². The molecule has 0 aliphatic carbocycles. The van der Waals surface area contributed by atoms with Gasteiger partial charge in [-0.3, -0.25) is 4.79 Å². The summed E-state index contributed by atoms with van der Waals surface area (Å²) in [5.74, 6) is -1.97. The van der Waals surface area contributed by atoms with E-state index in [-0.39, 0.29) is 23.5 Å². The molecule has 0 spiro atoms. The molecule has 0 fully saturated rings. The third kappa shape index (κ3) is 7.76. The van der Waals surface area contributed by atoms with E-state index >= 15 is 0 Å². The van der Waals surface area contributed by atoms with Crippen molar-refractivity contribution in [3.05, 3.63) is 0 Å². The van der Waals surface area contributed by atoms with Gasteiger partial charge in [0.05, 0.1) is 0 Å². The summed E-state index contributed by atoms with van der Waals surface area (Å²) in [4.78, 5) is 20.5. The molecule has 0 atom stereocenters. The van der Waals surface area contributed by atoms with Gasteiger partial charge in [0, 0.05) is 23.5 Å². The summed E-state index contributed by atoms with van der Waals surface area (Å²) in [5, 5.41) is 8.19. The van der Waals surface area contributed by atoms with Crippen molar-refractivity contribution in [2.45, 2.75) is 39.0 Å². The predicted molar refractivity (Wildman–Crippen MR) is 41.4 cm³/mol. The molecule has 75 valence electrons. The Morgan fingerprint density at radius 1 is 1.17 bits per heavy atom. The Morgan fingerprint density at radius 2 is 1.75 bits per heavy atom. The number of carbonyl (C=O) groups is 2. The Labute approximate surface area is 83.0 Å². The van der Waals surface area contributed by atoms with Crippen LogP contribution in [-0.2, 0) is 26.7 Å².